The van der Waals surface area contributed by atoms with Crippen LogP contribution in [0.25, 0.3) is 0 Å². The Labute approximate surface area is 144 Å². The molecule has 0 aliphatic carbocycles. The van der Waals surface area contributed by atoms with Crippen molar-refractivity contribution in [3.05, 3.63) is 47.8 Å². The molecule has 2 atom stereocenters. The molecule has 2 aromatic rings. The van der Waals surface area contributed by atoms with Crippen LogP contribution in [0.1, 0.15) is 36.9 Å². The summed E-state index contributed by atoms with van der Waals surface area (Å²) >= 11 is 0. The fraction of sp³-hybridized carbons (Fsp3) is 0.579. The van der Waals surface area contributed by atoms with Crippen molar-refractivity contribution < 1.29 is 0 Å². The molecule has 5 nitrogen and oxygen atoms in total. The van der Waals surface area contributed by atoms with Gasteiger partial charge in [-0.1, -0.05) is 35.5 Å². The first kappa shape index (κ1) is 15.8. The second kappa shape index (κ2) is 7.03. The van der Waals surface area contributed by atoms with Crippen LogP contribution in [0.4, 0.5) is 0 Å². The normalized spacial score (nSPS) is 25.5. The van der Waals surface area contributed by atoms with E-state index in [1.807, 2.05) is 17.9 Å². The minimum absolute atomic E-state index is 0.672. The van der Waals surface area contributed by atoms with Crippen molar-refractivity contribution in [2.45, 2.75) is 50.9 Å². The fourth-order valence-corrected chi connectivity index (χ4v) is 4.45. The van der Waals surface area contributed by atoms with Gasteiger partial charge >= 0.3 is 0 Å². The second-order valence-electron chi connectivity index (χ2n) is 7.19. The molecule has 1 aromatic carbocycles. The Kier molecular flexibility index (Phi) is 4.63. The van der Waals surface area contributed by atoms with Crippen molar-refractivity contribution in [1.82, 2.24) is 24.8 Å². The van der Waals surface area contributed by atoms with E-state index >= 15 is 0 Å². The van der Waals surface area contributed by atoms with Crippen LogP contribution in [0.15, 0.2) is 36.5 Å². The van der Waals surface area contributed by atoms with Gasteiger partial charge in [-0.25, -0.2) is 0 Å². The third kappa shape index (κ3) is 3.23. The third-order valence-corrected chi connectivity index (χ3v) is 5.67. The van der Waals surface area contributed by atoms with Crippen LogP contribution in [0.2, 0.25) is 0 Å². The first-order chi connectivity index (χ1) is 11.8. The van der Waals surface area contributed by atoms with Crippen LogP contribution in [0, 0.1) is 0 Å². The molecule has 5 heteroatoms. The van der Waals surface area contributed by atoms with Gasteiger partial charge in [-0.2, -0.15) is 0 Å². The Hall–Kier alpha value is -1.72. The maximum Gasteiger partial charge on any atom is 0.0738 e. The molecule has 0 bridgehead atoms. The molecular weight excluding hydrogens is 298 g/mol. The zero-order chi connectivity index (χ0) is 16.4. The summed E-state index contributed by atoms with van der Waals surface area (Å²) in [4.78, 5) is 5.37. The molecule has 4 rings (SSSR count). The van der Waals surface area contributed by atoms with Crippen LogP contribution in [-0.2, 0) is 20.1 Å². The molecule has 128 valence electrons. The zero-order valence-corrected chi connectivity index (χ0v) is 14.5. The topological polar surface area (TPSA) is 37.2 Å². The quantitative estimate of drug-likeness (QED) is 0.846. The van der Waals surface area contributed by atoms with Gasteiger partial charge in [0.2, 0.25) is 0 Å². The maximum absolute atomic E-state index is 4.08. The average molecular weight is 325 g/mol. The van der Waals surface area contributed by atoms with Gasteiger partial charge in [-0.3, -0.25) is 14.5 Å². The Morgan fingerprint density at radius 3 is 2.25 bits per heavy atom. The van der Waals surface area contributed by atoms with Gasteiger partial charge in [0.15, 0.2) is 0 Å². The van der Waals surface area contributed by atoms with Gasteiger partial charge in [0.25, 0.3) is 0 Å². The monoisotopic (exact) mass is 325 g/mol. The van der Waals surface area contributed by atoms with Gasteiger partial charge < -0.3 is 0 Å². The Balaban J connectivity index is 1.45. The van der Waals surface area contributed by atoms with Gasteiger partial charge in [0, 0.05) is 32.2 Å². The van der Waals surface area contributed by atoms with Gasteiger partial charge in [-0.15, -0.1) is 5.10 Å². The van der Waals surface area contributed by atoms with Crippen LogP contribution in [0.5, 0.6) is 0 Å². The van der Waals surface area contributed by atoms with Crippen LogP contribution < -0.4 is 0 Å². The average Bonchev–Trinajstić information content (AvgIpc) is 3.31. The number of aromatic nitrogens is 3. The van der Waals surface area contributed by atoms with Crippen molar-refractivity contribution in [3.63, 3.8) is 0 Å². The van der Waals surface area contributed by atoms with Crippen LogP contribution >= 0.6 is 0 Å². The molecule has 2 aliphatic heterocycles. The first-order valence-electron chi connectivity index (χ1n) is 9.17. The molecule has 0 saturated carbocycles. The third-order valence-electron chi connectivity index (χ3n) is 5.67. The highest BCUT2D eigenvalue weighted by atomic mass is 15.4. The summed E-state index contributed by atoms with van der Waals surface area (Å²) in [5, 5.41) is 8.11. The highest BCUT2D eigenvalue weighted by Crippen LogP contribution is 2.31. The Morgan fingerprint density at radius 1 is 0.958 bits per heavy atom. The summed E-state index contributed by atoms with van der Waals surface area (Å²) in [5.74, 6) is 0. The molecule has 0 spiro atoms. The highest BCUT2D eigenvalue weighted by Gasteiger charge is 2.37. The van der Waals surface area contributed by atoms with Gasteiger partial charge in [0.1, 0.15) is 0 Å². The maximum atomic E-state index is 4.08. The molecule has 0 amide bonds. The summed E-state index contributed by atoms with van der Waals surface area (Å²) in [6, 6.07) is 12.3. The van der Waals surface area contributed by atoms with E-state index in [0.717, 1.165) is 13.1 Å². The largest absolute Gasteiger partial charge is 0.295 e. The molecule has 24 heavy (non-hydrogen) atoms. The molecular formula is C19H27N5. The lowest BCUT2D eigenvalue weighted by Crippen LogP contribution is -2.45. The number of hydrogen-bond donors (Lipinski definition) is 0. The van der Waals surface area contributed by atoms with E-state index in [1.165, 1.54) is 50.0 Å². The molecule has 2 fully saturated rings. The van der Waals surface area contributed by atoms with E-state index in [1.54, 1.807) is 0 Å². The standard InChI is InChI=1S/C19H27N5/c1-22-17(13-20-21-22)15-24-12-6-10-19(24)18-9-5-11-23(18)14-16-7-3-2-4-8-16/h2-4,7-8,13,18-19H,5-6,9-12,14-15H2,1H3/t18-,19+/m1/s1. The first-order valence-corrected chi connectivity index (χ1v) is 9.17. The van der Waals surface area contributed by atoms with Crippen molar-refractivity contribution in [2.24, 2.45) is 7.05 Å². The minimum Gasteiger partial charge on any atom is -0.295 e. The van der Waals surface area contributed by atoms with Gasteiger partial charge in [0.05, 0.1) is 11.9 Å². The summed E-state index contributed by atoms with van der Waals surface area (Å²) < 4.78 is 1.91. The lowest BCUT2D eigenvalue weighted by atomic mass is 10.0. The molecule has 2 saturated heterocycles. The fourth-order valence-electron chi connectivity index (χ4n) is 4.45. The molecule has 0 unspecified atom stereocenters. The zero-order valence-electron chi connectivity index (χ0n) is 14.5. The number of likely N-dealkylation sites (tertiary alicyclic amines) is 2. The van der Waals surface area contributed by atoms with E-state index in [4.69, 9.17) is 0 Å². The van der Waals surface area contributed by atoms with Crippen LogP contribution in [-0.4, -0.2) is 50.0 Å². The van der Waals surface area contributed by atoms with E-state index in [2.05, 4.69) is 50.4 Å². The summed E-state index contributed by atoms with van der Waals surface area (Å²) in [6.07, 6.45) is 7.20. The van der Waals surface area contributed by atoms with Crippen molar-refractivity contribution in [1.29, 1.82) is 0 Å². The second-order valence-corrected chi connectivity index (χ2v) is 7.19. The molecule has 0 radical (unpaired) electrons. The number of benzene rings is 1. The molecule has 1 aromatic heterocycles. The van der Waals surface area contributed by atoms with Crippen molar-refractivity contribution >= 4 is 0 Å². The summed E-state index contributed by atoms with van der Waals surface area (Å²) in [7, 11) is 1.99. The SMILES string of the molecule is Cn1nncc1CN1CCC[C@H]1[C@H]1CCCN1Cc1ccccc1. The van der Waals surface area contributed by atoms with E-state index < -0.39 is 0 Å². The molecule has 0 N–H and O–H groups in total. The van der Waals surface area contributed by atoms with Crippen molar-refractivity contribution in [2.75, 3.05) is 13.1 Å². The lowest BCUT2D eigenvalue weighted by Gasteiger charge is -2.35. The summed E-state index contributed by atoms with van der Waals surface area (Å²) in [6.45, 7) is 4.50. The minimum atomic E-state index is 0.672. The predicted octanol–water partition coefficient (Wildman–Crippen LogP) is 2.44. The predicted molar refractivity (Wildman–Crippen MR) is 94.3 cm³/mol. The highest BCUT2D eigenvalue weighted by molar-refractivity contribution is 5.15. The lowest BCUT2D eigenvalue weighted by molar-refractivity contribution is 0.122. The van der Waals surface area contributed by atoms with Crippen LogP contribution in [0.3, 0.4) is 0 Å². The Morgan fingerprint density at radius 2 is 1.62 bits per heavy atom. The van der Waals surface area contributed by atoms with Crippen molar-refractivity contribution in [3.8, 4) is 0 Å². The Bertz CT molecular complexity index is 653. The summed E-state index contributed by atoms with van der Waals surface area (Å²) in [5.41, 5.74) is 2.65. The van der Waals surface area contributed by atoms with E-state index in [0.29, 0.717) is 12.1 Å². The molecule has 2 aliphatic rings. The van der Waals surface area contributed by atoms with E-state index in [-0.39, 0.29) is 0 Å². The number of aryl methyl sites for hydroxylation is 1. The number of rotatable bonds is 5. The smallest absolute Gasteiger partial charge is 0.0738 e. The molecule has 3 heterocycles. The van der Waals surface area contributed by atoms with Gasteiger partial charge in [-0.05, 0) is 44.3 Å². The number of nitrogens with zero attached hydrogens (tertiary/aromatic N) is 5. The number of hydrogen-bond acceptors (Lipinski definition) is 4. The van der Waals surface area contributed by atoms with E-state index in [9.17, 15) is 0 Å².